The van der Waals surface area contributed by atoms with E-state index in [4.69, 9.17) is 14.2 Å². The smallest absolute Gasteiger partial charge is 0.310 e. The summed E-state index contributed by atoms with van der Waals surface area (Å²) in [6, 6.07) is 10.6. The third-order valence-electron chi connectivity index (χ3n) is 7.04. The van der Waals surface area contributed by atoms with Crippen LogP contribution in [-0.2, 0) is 14.3 Å². The molecule has 1 saturated heterocycles. The number of rotatable bonds is 10. The summed E-state index contributed by atoms with van der Waals surface area (Å²) >= 11 is 0. The second-order valence-electron chi connectivity index (χ2n) is 9.89. The molecule has 1 amide bonds. The molecule has 1 atom stereocenters. The van der Waals surface area contributed by atoms with Gasteiger partial charge in [0, 0.05) is 18.7 Å². The van der Waals surface area contributed by atoms with E-state index in [9.17, 15) is 14.7 Å². The van der Waals surface area contributed by atoms with Gasteiger partial charge in [-0.3, -0.25) is 9.59 Å². The van der Waals surface area contributed by atoms with Gasteiger partial charge in [0.25, 0.3) is 5.91 Å². The minimum absolute atomic E-state index is 0.242. The number of hydrogen-bond donors (Lipinski definition) is 2. The highest BCUT2D eigenvalue weighted by Gasteiger charge is 2.22. The van der Waals surface area contributed by atoms with Crippen molar-refractivity contribution in [2.75, 3.05) is 37.0 Å². The molecule has 0 radical (unpaired) electrons. The van der Waals surface area contributed by atoms with E-state index in [1.54, 1.807) is 55.8 Å². The fraction of sp³-hybridized carbons (Fsp3) is 0.281. The van der Waals surface area contributed by atoms with Crippen molar-refractivity contribution in [3.8, 4) is 5.75 Å². The van der Waals surface area contributed by atoms with Crippen LogP contribution in [0.2, 0.25) is 0 Å². The number of allylic oxidation sites excluding steroid dienone is 4. The molecule has 0 spiro atoms. The van der Waals surface area contributed by atoms with Gasteiger partial charge in [-0.05, 0) is 97.3 Å². The zero-order valence-corrected chi connectivity index (χ0v) is 22.7. The number of nitrogens with zero attached hydrogens (tertiary/aromatic N) is 2. The van der Waals surface area contributed by atoms with Crippen LogP contribution in [0.5, 0.6) is 5.75 Å². The first-order chi connectivity index (χ1) is 20.0. The number of carboxylic acid groups (broad SMARTS) is 1. The first-order valence-corrected chi connectivity index (χ1v) is 13.5. The zero-order valence-electron chi connectivity index (χ0n) is 22.7. The lowest BCUT2D eigenvalue weighted by Gasteiger charge is -2.33. The van der Waals surface area contributed by atoms with E-state index >= 15 is 0 Å². The molecule has 2 aromatic rings. The number of ether oxygens (including phenoxy) is 3. The molecular weight excluding hydrogens is 522 g/mol. The average molecular weight is 554 g/mol. The van der Waals surface area contributed by atoms with Crippen molar-refractivity contribution in [2.24, 2.45) is 11.8 Å². The third-order valence-corrected chi connectivity index (χ3v) is 7.04. The molecule has 2 heterocycles. The number of pyridine rings is 1. The van der Waals surface area contributed by atoms with E-state index in [1.807, 2.05) is 24.3 Å². The number of piperidine rings is 1. The van der Waals surface area contributed by atoms with E-state index in [0.717, 1.165) is 31.7 Å². The molecule has 0 saturated carbocycles. The van der Waals surface area contributed by atoms with Gasteiger partial charge in [-0.1, -0.05) is 6.08 Å². The Balaban J connectivity index is 1.08. The number of hydrogen-bond acceptors (Lipinski definition) is 7. The van der Waals surface area contributed by atoms with Crippen molar-refractivity contribution in [2.45, 2.75) is 19.3 Å². The zero-order chi connectivity index (χ0) is 28.6. The molecule has 210 valence electrons. The second kappa shape index (κ2) is 12.9. The molecule has 1 aliphatic heterocycles. The fourth-order valence-corrected chi connectivity index (χ4v) is 4.65. The lowest BCUT2D eigenvalue weighted by Crippen LogP contribution is -2.35. The molecule has 5 rings (SSSR count). The first-order valence-electron chi connectivity index (χ1n) is 13.5. The normalized spacial score (nSPS) is 18.2. The first kappa shape index (κ1) is 27.6. The van der Waals surface area contributed by atoms with Gasteiger partial charge < -0.3 is 29.5 Å². The number of anilines is 2. The van der Waals surface area contributed by atoms with Crippen molar-refractivity contribution in [3.05, 3.63) is 107 Å². The summed E-state index contributed by atoms with van der Waals surface area (Å²) in [4.78, 5) is 30.7. The number of nitrogens with one attached hydrogen (secondary N) is 1. The summed E-state index contributed by atoms with van der Waals surface area (Å²) in [5.74, 6) is 1.96. The summed E-state index contributed by atoms with van der Waals surface area (Å²) in [5.41, 5.74) is 6.82. The van der Waals surface area contributed by atoms with E-state index in [1.165, 1.54) is 0 Å². The van der Waals surface area contributed by atoms with Crippen LogP contribution >= 0.6 is 0 Å². The maximum absolute atomic E-state index is 12.7. The lowest BCUT2D eigenvalue weighted by molar-refractivity contribution is -0.140. The lowest BCUT2D eigenvalue weighted by atomic mass is 9.97. The highest BCUT2D eigenvalue weighted by Crippen LogP contribution is 2.25. The van der Waals surface area contributed by atoms with Crippen LogP contribution in [0.15, 0.2) is 102 Å². The van der Waals surface area contributed by atoms with E-state index in [2.05, 4.69) is 26.7 Å². The van der Waals surface area contributed by atoms with Gasteiger partial charge in [0.05, 0.1) is 31.5 Å². The van der Waals surface area contributed by atoms with E-state index in [-0.39, 0.29) is 5.91 Å². The predicted molar refractivity (Wildman–Crippen MR) is 153 cm³/mol. The van der Waals surface area contributed by atoms with Gasteiger partial charge in [-0.2, -0.15) is 0 Å². The molecule has 9 nitrogen and oxygen atoms in total. The van der Waals surface area contributed by atoms with Crippen molar-refractivity contribution in [3.63, 3.8) is 0 Å². The predicted octanol–water partition coefficient (Wildman–Crippen LogP) is 5.23. The van der Waals surface area contributed by atoms with Crippen LogP contribution in [0.3, 0.4) is 0 Å². The van der Waals surface area contributed by atoms with Crippen LogP contribution in [-0.4, -0.2) is 48.8 Å². The van der Waals surface area contributed by atoms with Crippen molar-refractivity contribution < 1.29 is 28.9 Å². The van der Waals surface area contributed by atoms with Crippen molar-refractivity contribution in [1.82, 2.24) is 4.98 Å². The number of carbonyl (C=O) groups excluding carboxylic acids is 1. The standard InChI is InChI=1S/C32H31N3O6/c1-39-26-10-12-28(13-11-26)41-27-8-5-23(6-9-27)31(36)34-25-7-14-30(33-20-25)35-17-15-22(16-18-35)21-40-29-4-2-3-24(19-29)32(37)38/h2,4-10,12,14,19-20,22,24H,3,15-18,21H2,1H3,(H,34,36)(H,37,38). The maximum atomic E-state index is 12.7. The van der Waals surface area contributed by atoms with Crippen LogP contribution < -0.4 is 15.0 Å². The molecule has 1 aromatic carbocycles. The van der Waals surface area contributed by atoms with Crippen LogP contribution in [0.1, 0.15) is 29.6 Å². The largest absolute Gasteiger partial charge is 0.494 e. The third kappa shape index (κ3) is 7.37. The van der Waals surface area contributed by atoms with Crippen LogP contribution in [0, 0.1) is 11.8 Å². The molecule has 1 fully saturated rings. The minimum atomic E-state index is -0.828. The minimum Gasteiger partial charge on any atom is -0.494 e. The van der Waals surface area contributed by atoms with Gasteiger partial charge in [0.15, 0.2) is 11.5 Å². The topological polar surface area (TPSA) is 110 Å². The number of amides is 1. The number of aromatic nitrogens is 1. The Bertz CT molecular complexity index is 1470. The van der Waals surface area contributed by atoms with E-state index < -0.39 is 11.9 Å². The molecule has 2 aliphatic carbocycles. The summed E-state index contributed by atoms with van der Waals surface area (Å²) in [5, 5.41) is 12.1. The Labute approximate surface area is 238 Å². The van der Waals surface area contributed by atoms with Crippen molar-refractivity contribution in [1.29, 1.82) is 0 Å². The molecule has 0 bridgehead atoms. The molecule has 41 heavy (non-hydrogen) atoms. The quantitative estimate of drug-likeness (QED) is 0.385. The van der Waals surface area contributed by atoms with Crippen LogP contribution in [0.25, 0.3) is 0 Å². The summed E-state index contributed by atoms with van der Waals surface area (Å²) in [6.45, 7) is 2.26. The number of carboxylic acids is 1. The number of benzene rings is 1. The highest BCUT2D eigenvalue weighted by molar-refractivity contribution is 6.04. The Hall–Kier alpha value is -4.97. The summed E-state index contributed by atoms with van der Waals surface area (Å²) in [7, 11) is 1.56. The Morgan fingerprint density at radius 2 is 1.80 bits per heavy atom. The van der Waals surface area contributed by atoms with Gasteiger partial charge in [-0.25, -0.2) is 4.98 Å². The molecule has 1 aromatic heterocycles. The van der Waals surface area contributed by atoms with Crippen molar-refractivity contribution >= 4 is 23.4 Å². The maximum Gasteiger partial charge on any atom is 0.310 e. The fourth-order valence-electron chi connectivity index (χ4n) is 4.65. The SMILES string of the molecule is COC1=C=C=C(Oc2ccc(C(=O)Nc3ccc(N4CCC(COC5=CC(C(=O)O)CC=C5)CC4)nc3)cc2)C=C1. The van der Waals surface area contributed by atoms with Gasteiger partial charge >= 0.3 is 5.97 Å². The van der Waals surface area contributed by atoms with E-state index in [0.29, 0.717) is 53.2 Å². The number of aliphatic carboxylic acids is 1. The highest BCUT2D eigenvalue weighted by atomic mass is 16.5. The summed E-state index contributed by atoms with van der Waals surface area (Å²) < 4.78 is 16.7. The molecule has 1 unspecified atom stereocenters. The van der Waals surface area contributed by atoms with Crippen LogP contribution in [0.4, 0.5) is 11.5 Å². The van der Waals surface area contributed by atoms with Gasteiger partial charge in [0.1, 0.15) is 17.3 Å². The second-order valence-corrected chi connectivity index (χ2v) is 9.89. The number of methoxy groups -OCH3 is 1. The molecule has 3 aliphatic rings. The number of carbonyl (C=O) groups is 2. The molecule has 2 N–H and O–H groups in total. The average Bonchev–Trinajstić information content (AvgIpc) is 3.01. The Kier molecular flexibility index (Phi) is 8.70. The summed E-state index contributed by atoms with van der Waals surface area (Å²) in [6.07, 6.45) is 12.9. The molecular formula is C32H31N3O6. The van der Waals surface area contributed by atoms with Gasteiger partial charge in [0.2, 0.25) is 0 Å². The molecule has 9 heteroatoms. The van der Waals surface area contributed by atoms with Gasteiger partial charge in [-0.15, -0.1) is 0 Å². The Morgan fingerprint density at radius 3 is 2.46 bits per heavy atom. The Morgan fingerprint density at radius 1 is 1.05 bits per heavy atom. The monoisotopic (exact) mass is 553 g/mol.